The molecule has 0 aliphatic carbocycles. The minimum Gasteiger partial charge on any atom is -0.294 e. The fraction of sp³-hybridized carbons (Fsp3) is 0.136. The van der Waals surface area contributed by atoms with Crippen molar-refractivity contribution in [2.24, 2.45) is 0 Å². The average Bonchev–Trinajstić information content (AvgIpc) is 2.78. The van der Waals surface area contributed by atoms with Crippen molar-refractivity contribution in [2.75, 3.05) is 0 Å². The average molecular weight is 427 g/mol. The van der Waals surface area contributed by atoms with Crippen LogP contribution in [0.25, 0.3) is 0 Å². The number of benzene rings is 3. The lowest BCUT2D eigenvalue weighted by Crippen LogP contribution is -2.48. The molecule has 0 aromatic heterocycles. The van der Waals surface area contributed by atoms with E-state index in [1.54, 1.807) is 24.3 Å². The van der Waals surface area contributed by atoms with Gasteiger partial charge in [0.1, 0.15) is 5.92 Å². The highest BCUT2D eigenvalue weighted by atomic mass is 32.2. The second kappa shape index (κ2) is 8.54. The van der Waals surface area contributed by atoms with Crippen molar-refractivity contribution in [1.29, 1.82) is 0 Å². The van der Waals surface area contributed by atoms with Gasteiger partial charge in [0.25, 0.3) is 9.84 Å². The van der Waals surface area contributed by atoms with Gasteiger partial charge in [0.2, 0.25) is 0 Å². The predicted molar refractivity (Wildman–Crippen MR) is 109 cm³/mol. The van der Waals surface area contributed by atoms with E-state index in [0.717, 1.165) is 12.1 Å². The van der Waals surface area contributed by atoms with Crippen molar-refractivity contribution < 1.29 is 22.5 Å². The molecule has 0 spiro atoms. The lowest BCUT2D eigenvalue weighted by Gasteiger charge is -2.26. The number of alkyl halides is 1. The Hall–Kier alpha value is -3.39. The van der Waals surface area contributed by atoms with Crippen LogP contribution in [0, 0.1) is 10.1 Å². The zero-order valence-corrected chi connectivity index (χ0v) is 16.5. The fourth-order valence-corrected chi connectivity index (χ4v) is 4.88. The molecule has 0 bridgehead atoms. The van der Waals surface area contributed by atoms with E-state index in [2.05, 4.69) is 0 Å². The Balaban J connectivity index is 2.16. The van der Waals surface area contributed by atoms with Gasteiger partial charge >= 0.3 is 5.12 Å². The molecule has 3 aromatic carbocycles. The maximum absolute atomic E-state index is 16.2. The van der Waals surface area contributed by atoms with E-state index in [4.69, 9.17) is 0 Å². The Kier molecular flexibility index (Phi) is 6.07. The fourth-order valence-electron chi connectivity index (χ4n) is 3.24. The van der Waals surface area contributed by atoms with Crippen molar-refractivity contribution in [3.8, 4) is 0 Å². The molecular formula is C22H18FNO5S. The number of hydrogen-bond donors (Lipinski definition) is 0. The summed E-state index contributed by atoms with van der Waals surface area (Å²) in [6.07, 6.45) is -0.697. The third kappa shape index (κ3) is 3.86. The summed E-state index contributed by atoms with van der Waals surface area (Å²) in [5.74, 6) is -2.46. The number of nitro groups is 1. The van der Waals surface area contributed by atoms with Crippen LogP contribution in [0.5, 0.6) is 0 Å². The summed E-state index contributed by atoms with van der Waals surface area (Å²) in [4.78, 5) is 22.7. The highest BCUT2D eigenvalue weighted by Crippen LogP contribution is 2.43. The third-order valence-electron chi connectivity index (χ3n) is 4.80. The first-order valence-electron chi connectivity index (χ1n) is 9.04. The molecule has 3 aromatic rings. The van der Waals surface area contributed by atoms with Crippen LogP contribution in [0.4, 0.5) is 4.39 Å². The number of sulfone groups is 1. The monoisotopic (exact) mass is 427 g/mol. The van der Waals surface area contributed by atoms with Crippen LogP contribution >= 0.6 is 0 Å². The summed E-state index contributed by atoms with van der Waals surface area (Å²) in [5.41, 5.74) is 0.252. The quantitative estimate of drug-likeness (QED) is 0.230. The zero-order valence-electron chi connectivity index (χ0n) is 15.7. The van der Waals surface area contributed by atoms with Crippen molar-refractivity contribution in [1.82, 2.24) is 0 Å². The van der Waals surface area contributed by atoms with Crippen molar-refractivity contribution >= 4 is 15.6 Å². The molecule has 6 nitrogen and oxygen atoms in total. The van der Waals surface area contributed by atoms with Crippen LogP contribution in [0.2, 0.25) is 0 Å². The number of nitrogens with zero attached hydrogens (tertiary/aromatic N) is 1. The maximum atomic E-state index is 16.2. The number of carbonyl (C=O) groups is 1. The summed E-state index contributed by atoms with van der Waals surface area (Å²) >= 11 is 0. The maximum Gasteiger partial charge on any atom is 0.469 e. The molecule has 0 amide bonds. The Morgan fingerprint density at radius 3 is 1.87 bits per heavy atom. The van der Waals surface area contributed by atoms with Crippen molar-refractivity contribution in [3.05, 3.63) is 112 Å². The summed E-state index contributed by atoms with van der Waals surface area (Å²) in [6.45, 7) is 0. The van der Waals surface area contributed by atoms with Crippen LogP contribution in [-0.2, 0) is 9.84 Å². The molecule has 0 heterocycles. The second-order valence-corrected chi connectivity index (χ2v) is 8.69. The molecule has 2 atom stereocenters. The second-order valence-electron chi connectivity index (χ2n) is 6.64. The van der Waals surface area contributed by atoms with Crippen LogP contribution in [0.15, 0.2) is 95.9 Å². The minimum absolute atomic E-state index is 0.0421. The van der Waals surface area contributed by atoms with E-state index in [1.165, 1.54) is 54.6 Å². The molecule has 0 radical (unpaired) electrons. The van der Waals surface area contributed by atoms with Crippen LogP contribution in [-0.4, -0.2) is 24.2 Å². The largest absolute Gasteiger partial charge is 0.469 e. The smallest absolute Gasteiger partial charge is 0.294 e. The number of halogens is 1. The van der Waals surface area contributed by atoms with E-state index < -0.39 is 42.9 Å². The number of Topliss-reactive ketones (excluding diaryl/α,β-unsaturated/α-hetero) is 1. The molecule has 0 saturated heterocycles. The molecule has 0 aliphatic rings. The number of rotatable bonds is 8. The van der Waals surface area contributed by atoms with Gasteiger partial charge in [0.15, 0.2) is 5.78 Å². The van der Waals surface area contributed by atoms with Gasteiger partial charge in [0.05, 0.1) is 9.82 Å². The van der Waals surface area contributed by atoms with Crippen molar-refractivity contribution in [3.63, 3.8) is 0 Å². The SMILES string of the molecule is O=C(C[C@H](c1ccccc1)[C@](F)([N+](=O)[O-])S(=O)(=O)c1ccccc1)c1ccccc1. The summed E-state index contributed by atoms with van der Waals surface area (Å²) in [6, 6.07) is 21.6. The summed E-state index contributed by atoms with van der Waals surface area (Å²) in [5, 5.41) is 7.97. The number of hydrogen-bond acceptors (Lipinski definition) is 5. The number of ketones is 1. The van der Waals surface area contributed by atoms with E-state index in [1.807, 2.05) is 0 Å². The first-order chi connectivity index (χ1) is 14.3. The zero-order chi connectivity index (χ0) is 21.8. The first-order valence-corrected chi connectivity index (χ1v) is 10.5. The van der Waals surface area contributed by atoms with Gasteiger partial charge in [-0.1, -0.05) is 78.9 Å². The molecule has 0 fully saturated rings. The summed E-state index contributed by atoms with van der Waals surface area (Å²) in [7, 11) is -5.09. The van der Waals surface area contributed by atoms with Crippen LogP contribution < -0.4 is 0 Å². The molecule has 30 heavy (non-hydrogen) atoms. The molecule has 0 aliphatic heterocycles. The molecule has 0 unspecified atom stereocenters. The molecule has 0 N–H and O–H groups in total. The normalized spacial score (nSPS) is 14.4. The van der Waals surface area contributed by atoms with E-state index in [-0.39, 0.29) is 11.1 Å². The molecule has 3 rings (SSSR count). The molecule has 154 valence electrons. The lowest BCUT2D eigenvalue weighted by atomic mass is 9.90. The third-order valence-corrected chi connectivity index (χ3v) is 6.88. The van der Waals surface area contributed by atoms with Crippen molar-refractivity contribution in [2.45, 2.75) is 22.4 Å². The summed E-state index contributed by atoms with van der Waals surface area (Å²) < 4.78 is 42.4. The van der Waals surface area contributed by atoms with Gasteiger partial charge in [-0.15, -0.1) is 4.39 Å². The standard InChI is InChI=1S/C22H18FNO5S/c23-22(24(26)27,30(28,29)19-14-8-3-9-15-19)20(17-10-4-1-5-11-17)16-21(25)18-12-6-2-7-13-18/h1-15,20H,16H2/t20-,22+/m1/s1. The van der Waals surface area contributed by atoms with Gasteiger partial charge in [-0.3, -0.25) is 14.9 Å². The first kappa shape index (κ1) is 21.3. The Morgan fingerprint density at radius 1 is 0.900 bits per heavy atom. The van der Waals surface area contributed by atoms with E-state index in [9.17, 15) is 23.3 Å². The van der Waals surface area contributed by atoms with Gasteiger partial charge < -0.3 is 0 Å². The minimum atomic E-state index is -5.09. The number of carbonyl (C=O) groups excluding carboxylic acids is 1. The van der Waals surface area contributed by atoms with Crippen LogP contribution in [0.3, 0.4) is 0 Å². The molecular weight excluding hydrogens is 409 g/mol. The molecule has 0 saturated carbocycles. The van der Waals surface area contributed by atoms with E-state index >= 15 is 4.39 Å². The lowest BCUT2D eigenvalue weighted by molar-refractivity contribution is -0.578. The van der Waals surface area contributed by atoms with Gasteiger partial charge in [-0.05, 0) is 17.7 Å². The highest BCUT2D eigenvalue weighted by Gasteiger charge is 2.64. The Labute approximate surface area is 173 Å². The topological polar surface area (TPSA) is 94.3 Å². The Morgan fingerprint density at radius 2 is 1.37 bits per heavy atom. The highest BCUT2D eigenvalue weighted by molar-refractivity contribution is 7.92. The Bertz CT molecular complexity index is 1140. The predicted octanol–water partition coefficient (Wildman–Crippen LogP) is 4.42. The van der Waals surface area contributed by atoms with E-state index in [0.29, 0.717) is 0 Å². The molecule has 8 heteroatoms. The van der Waals surface area contributed by atoms with Crippen LogP contribution in [0.1, 0.15) is 28.3 Å². The van der Waals surface area contributed by atoms with Gasteiger partial charge in [-0.25, -0.2) is 8.42 Å². The van der Waals surface area contributed by atoms with Gasteiger partial charge in [-0.2, -0.15) is 0 Å². The van der Waals surface area contributed by atoms with Gasteiger partial charge in [0, 0.05) is 12.0 Å².